The minimum atomic E-state index is 0.190. The first-order chi connectivity index (χ1) is 12.2. The van der Waals surface area contributed by atoms with Gasteiger partial charge in [0.15, 0.2) is 5.96 Å². The van der Waals surface area contributed by atoms with Crippen molar-refractivity contribution >= 4 is 34.5 Å². The molecule has 0 unspecified atom stereocenters. The van der Waals surface area contributed by atoms with E-state index in [2.05, 4.69) is 32.1 Å². The number of guanidine groups is 1. The normalized spacial score (nSPS) is 14.3. The number of nitrogens with zero attached hydrogens (tertiary/aromatic N) is 3. The maximum absolute atomic E-state index is 12.4. The van der Waals surface area contributed by atoms with E-state index in [-0.39, 0.29) is 5.91 Å². The van der Waals surface area contributed by atoms with Gasteiger partial charge in [-0.2, -0.15) is 0 Å². The van der Waals surface area contributed by atoms with Gasteiger partial charge < -0.3 is 15.5 Å². The third-order valence-electron chi connectivity index (χ3n) is 4.09. The van der Waals surface area contributed by atoms with Gasteiger partial charge in [0.1, 0.15) is 5.01 Å². The summed E-state index contributed by atoms with van der Waals surface area (Å²) in [5, 5.41) is 9.56. The van der Waals surface area contributed by atoms with Gasteiger partial charge >= 0.3 is 0 Å². The molecule has 0 bridgehead atoms. The number of aliphatic imine (C=N–C) groups is 1. The lowest BCUT2D eigenvalue weighted by Crippen LogP contribution is -2.40. The first-order valence-electron chi connectivity index (χ1n) is 8.34. The summed E-state index contributed by atoms with van der Waals surface area (Å²) < 4.78 is 0. The van der Waals surface area contributed by atoms with Crippen LogP contribution in [0.1, 0.15) is 26.7 Å². The van der Waals surface area contributed by atoms with Gasteiger partial charge in [-0.25, -0.2) is 4.98 Å². The van der Waals surface area contributed by atoms with Crippen molar-refractivity contribution in [2.75, 3.05) is 20.1 Å². The van der Waals surface area contributed by atoms with Crippen LogP contribution in [0.25, 0.3) is 0 Å². The van der Waals surface area contributed by atoms with E-state index in [0.29, 0.717) is 25.5 Å². The zero-order chi connectivity index (χ0) is 17.6. The number of aromatic nitrogens is 1. The summed E-state index contributed by atoms with van der Waals surface area (Å²) >= 11 is 3.46. The Hall–Kier alpha value is -1.93. The van der Waals surface area contributed by atoms with Gasteiger partial charge in [-0.3, -0.25) is 9.79 Å². The molecule has 1 aliphatic heterocycles. The molecule has 2 N–H and O–H groups in total. The molecule has 1 amide bonds. The Morgan fingerprint density at radius 1 is 1.44 bits per heavy atom. The lowest BCUT2D eigenvalue weighted by atomic mass is 10.1. The van der Waals surface area contributed by atoms with Gasteiger partial charge in [-0.05, 0) is 30.4 Å². The SMILES string of the molecule is CN=C(NCCC(=O)N1CCc2sccc2C1)NCc1ncc(C)s1. The van der Waals surface area contributed by atoms with E-state index in [9.17, 15) is 4.79 Å². The van der Waals surface area contributed by atoms with Crippen molar-refractivity contribution in [2.24, 2.45) is 4.99 Å². The predicted octanol–water partition coefficient (Wildman–Crippen LogP) is 2.15. The Kier molecular flexibility index (Phi) is 6.04. The van der Waals surface area contributed by atoms with E-state index >= 15 is 0 Å². The van der Waals surface area contributed by atoms with Crippen LogP contribution in [0.4, 0.5) is 0 Å². The first kappa shape index (κ1) is 17.9. The Morgan fingerprint density at radius 3 is 3.08 bits per heavy atom. The number of thiophene rings is 1. The summed E-state index contributed by atoms with van der Waals surface area (Å²) in [6, 6.07) is 2.13. The Labute approximate surface area is 156 Å². The van der Waals surface area contributed by atoms with Crippen molar-refractivity contribution in [2.45, 2.75) is 32.9 Å². The molecule has 0 aromatic carbocycles. The van der Waals surface area contributed by atoms with Crippen LogP contribution in [0.3, 0.4) is 0 Å². The van der Waals surface area contributed by atoms with E-state index < -0.39 is 0 Å². The molecule has 0 atom stereocenters. The van der Waals surface area contributed by atoms with Crippen LogP contribution in [-0.2, 0) is 24.3 Å². The van der Waals surface area contributed by atoms with Gasteiger partial charge in [-0.15, -0.1) is 22.7 Å². The number of rotatable bonds is 5. The molecule has 3 heterocycles. The van der Waals surface area contributed by atoms with Crippen LogP contribution in [0, 0.1) is 6.92 Å². The van der Waals surface area contributed by atoms with Crippen LogP contribution in [-0.4, -0.2) is 41.9 Å². The molecule has 2 aromatic rings. The molecule has 0 radical (unpaired) electrons. The molecule has 25 heavy (non-hydrogen) atoms. The highest BCUT2D eigenvalue weighted by Crippen LogP contribution is 2.24. The number of carbonyl (C=O) groups is 1. The molecular weight excluding hydrogens is 354 g/mol. The molecule has 0 aliphatic carbocycles. The van der Waals surface area contributed by atoms with Gasteiger partial charge in [0, 0.05) is 49.1 Å². The number of hydrogen-bond acceptors (Lipinski definition) is 5. The smallest absolute Gasteiger partial charge is 0.224 e. The molecule has 1 aliphatic rings. The van der Waals surface area contributed by atoms with Gasteiger partial charge in [0.25, 0.3) is 0 Å². The molecule has 8 heteroatoms. The molecule has 0 saturated heterocycles. The first-order valence-corrected chi connectivity index (χ1v) is 10.0. The Morgan fingerprint density at radius 2 is 2.32 bits per heavy atom. The zero-order valence-electron chi connectivity index (χ0n) is 14.5. The minimum Gasteiger partial charge on any atom is -0.356 e. The summed E-state index contributed by atoms with van der Waals surface area (Å²) in [7, 11) is 1.73. The highest BCUT2D eigenvalue weighted by atomic mass is 32.1. The number of nitrogens with one attached hydrogen (secondary N) is 2. The second-order valence-corrected chi connectivity index (χ2v) is 8.22. The standard InChI is InChI=1S/C17H23N5OS2/c1-12-9-20-15(25-12)10-21-17(18-2)19-6-3-16(23)22-7-4-14-13(11-22)5-8-24-14/h5,8-9H,3-4,6-7,10-11H2,1-2H3,(H2,18,19,21). The van der Waals surface area contributed by atoms with Crippen molar-refractivity contribution in [3.8, 4) is 0 Å². The second-order valence-electron chi connectivity index (χ2n) is 5.90. The van der Waals surface area contributed by atoms with Crippen molar-refractivity contribution < 1.29 is 4.79 Å². The fourth-order valence-electron chi connectivity index (χ4n) is 2.77. The molecule has 3 rings (SSSR count). The third-order valence-corrected chi connectivity index (χ3v) is 6.03. The molecule has 0 saturated carbocycles. The number of fused-ring (bicyclic) bond motifs is 1. The summed E-state index contributed by atoms with van der Waals surface area (Å²) in [6.07, 6.45) is 3.31. The van der Waals surface area contributed by atoms with E-state index in [1.807, 2.05) is 18.0 Å². The summed E-state index contributed by atoms with van der Waals surface area (Å²) in [4.78, 5) is 25.5. The Balaban J connectivity index is 1.40. The third kappa shape index (κ3) is 4.79. The number of thiazole rings is 1. The van der Waals surface area contributed by atoms with Crippen molar-refractivity contribution in [1.29, 1.82) is 0 Å². The molecular formula is C17H23N5OS2. The van der Waals surface area contributed by atoms with Crippen LogP contribution >= 0.6 is 22.7 Å². The zero-order valence-corrected chi connectivity index (χ0v) is 16.2. The average Bonchev–Trinajstić information content (AvgIpc) is 3.25. The lowest BCUT2D eigenvalue weighted by molar-refractivity contribution is -0.131. The quantitative estimate of drug-likeness (QED) is 0.619. The van der Waals surface area contributed by atoms with Crippen LogP contribution < -0.4 is 10.6 Å². The topological polar surface area (TPSA) is 69.6 Å². The maximum Gasteiger partial charge on any atom is 0.224 e. The summed E-state index contributed by atoms with van der Waals surface area (Å²) in [6.45, 7) is 4.82. The molecule has 0 spiro atoms. The molecule has 6 nitrogen and oxygen atoms in total. The van der Waals surface area contributed by atoms with E-state index in [4.69, 9.17) is 0 Å². The second kappa shape index (κ2) is 8.44. The fourth-order valence-corrected chi connectivity index (χ4v) is 4.39. The number of hydrogen-bond donors (Lipinski definition) is 2. The van der Waals surface area contributed by atoms with E-state index in [1.54, 1.807) is 29.7 Å². The van der Waals surface area contributed by atoms with Gasteiger partial charge in [0.05, 0.1) is 6.54 Å². The summed E-state index contributed by atoms with van der Waals surface area (Å²) in [5.41, 5.74) is 1.30. The maximum atomic E-state index is 12.4. The van der Waals surface area contributed by atoms with Crippen LogP contribution in [0.5, 0.6) is 0 Å². The number of amides is 1. The molecule has 0 fully saturated rings. The Bertz CT molecular complexity index is 752. The largest absolute Gasteiger partial charge is 0.356 e. The average molecular weight is 378 g/mol. The van der Waals surface area contributed by atoms with E-state index in [1.165, 1.54) is 15.3 Å². The monoisotopic (exact) mass is 377 g/mol. The number of carbonyl (C=O) groups excluding carboxylic acids is 1. The lowest BCUT2D eigenvalue weighted by Gasteiger charge is -2.27. The van der Waals surface area contributed by atoms with Crippen LogP contribution in [0.15, 0.2) is 22.6 Å². The minimum absolute atomic E-state index is 0.190. The summed E-state index contributed by atoms with van der Waals surface area (Å²) in [5.74, 6) is 0.884. The van der Waals surface area contributed by atoms with Crippen molar-refractivity contribution in [3.63, 3.8) is 0 Å². The van der Waals surface area contributed by atoms with Crippen LogP contribution in [0.2, 0.25) is 0 Å². The predicted molar refractivity (Wildman–Crippen MR) is 103 cm³/mol. The van der Waals surface area contributed by atoms with E-state index in [0.717, 1.165) is 24.5 Å². The number of aryl methyl sites for hydroxylation is 1. The van der Waals surface area contributed by atoms with Crippen molar-refractivity contribution in [3.05, 3.63) is 38.0 Å². The van der Waals surface area contributed by atoms with Gasteiger partial charge in [0.2, 0.25) is 5.91 Å². The fraction of sp³-hybridized carbons (Fsp3) is 0.471. The van der Waals surface area contributed by atoms with Crippen molar-refractivity contribution in [1.82, 2.24) is 20.5 Å². The highest BCUT2D eigenvalue weighted by Gasteiger charge is 2.20. The molecule has 2 aromatic heterocycles. The van der Waals surface area contributed by atoms with Gasteiger partial charge in [-0.1, -0.05) is 0 Å². The molecule has 134 valence electrons. The highest BCUT2D eigenvalue weighted by molar-refractivity contribution is 7.11.